The van der Waals surface area contributed by atoms with Crippen molar-refractivity contribution < 1.29 is 0 Å². The molecule has 0 amide bonds. The van der Waals surface area contributed by atoms with Gasteiger partial charge in [-0.3, -0.25) is 0 Å². The number of nitriles is 1. The number of halogens is 3. The number of hydrogen-bond acceptors (Lipinski definition) is 1. The van der Waals surface area contributed by atoms with Gasteiger partial charge >= 0.3 is 0 Å². The summed E-state index contributed by atoms with van der Waals surface area (Å²) in [5.41, 5.74) is 2.02. The lowest BCUT2D eigenvalue weighted by Gasteiger charge is -2.20. The summed E-state index contributed by atoms with van der Waals surface area (Å²) in [5.74, 6) is 0. The quantitative estimate of drug-likeness (QED) is 0.724. The summed E-state index contributed by atoms with van der Waals surface area (Å²) >= 11 is 18.6. The molecule has 0 heterocycles. The number of hydrogen-bond donors (Lipinski definition) is 0. The van der Waals surface area contributed by atoms with Crippen LogP contribution in [-0.4, -0.2) is 0 Å². The first-order valence-electron chi connectivity index (χ1n) is 5.18. The Morgan fingerprint density at radius 3 is 1.72 bits per heavy atom. The minimum atomic E-state index is -1.15. The Kier molecular flexibility index (Phi) is 3.82. The lowest BCUT2D eigenvalue weighted by atomic mass is 10.0. The Labute approximate surface area is 121 Å². The van der Waals surface area contributed by atoms with Gasteiger partial charge in [0.1, 0.15) is 0 Å². The van der Waals surface area contributed by atoms with Crippen molar-refractivity contribution in [1.29, 1.82) is 5.26 Å². The smallest absolute Gasteiger partial charge is 0.168 e. The maximum absolute atomic E-state index is 8.75. The van der Waals surface area contributed by atoms with Crippen LogP contribution in [0.1, 0.15) is 16.7 Å². The fraction of sp³-hybridized carbons (Fsp3) is 0.0714. The third kappa shape index (κ3) is 2.62. The fourth-order valence-electron chi connectivity index (χ4n) is 1.58. The topological polar surface area (TPSA) is 23.8 Å². The monoisotopic (exact) mass is 295 g/mol. The van der Waals surface area contributed by atoms with Gasteiger partial charge in [-0.15, -0.1) is 0 Å². The standard InChI is InChI=1S/C14H8Cl3N/c15-13-7-5-12(6-8-13)14(16,17)11-3-1-10(9-18)2-4-11/h1-8H. The van der Waals surface area contributed by atoms with E-state index in [1.165, 1.54) is 0 Å². The van der Waals surface area contributed by atoms with Crippen molar-refractivity contribution in [2.24, 2.45) is 0 Å². The Hall–Kier alpha value is -1.20. The third-order valence-electron chi connectivity index (χ3n) is 2.58. The van der Waals surface area contributed by atoms with Crippen molar-refractivity contribution >= 4 is 34.8 Å². The molecule has 0 aromatic heterocycles. The van der Waals surface area contributed by atoms with E-state index in [-0.39, 0.29) is 0 Å². The van der Waals surface area contributed by atoms with Gasteiger partial charge in [0, 0.05) is 5.02 Å². The maximum Gasteiger partial charge on any atom is 0.168 e. The highest BCUT2D eigenvalue weighted by Crippen LogP contribution is 2.41. The normalized spacial score (nSPS) is 11.0. The van der Waals surface area contributed by atoms with E-state index in [1.807, 2.05) is 6.07 Å². The van der Waals surface area contributed by atoms with Gasteiger partial charge < -0.3 is 0 Å². The molecule has 2 aromatic rings. The zero-order valence-corrected chi connectivity index (χ0v) is 11.5. The van der Waals surface area contributed by atoms with Crippen LogP contribution in [0.25, 0.3) is 0 Å². The first kappa shape index (κ1) is 13.2. The average molecular weight is 297 g/mol. The number of nitrogens with zero attached hydrogens (tertiary/aromatic N) is 1. The SMILES string of the molecule is N#Cc1ccc(C(Cl)(Cl)c2ccc(Cl)cc2)cc1. The summed E-state index contributed by atoms with van der Waals surface area (Å²) < 4.78 is -1.15. The van der Waals surface area contributed by atoms with Crippen molar-refractivity contribution in [3.05, 3.63) is 70.2 Å². The van der Waals surface area contributed by atoms with Gasteiger partial charge in [-0.25, -0.2) is 0 Å². The second kappa shape index (κ2) is 5.20. The predicted octanol–water partition coefficient (Wildman–Crippen LogP) is 4.89. The third-order valence-corrected chi connectivity index (χ3v) is 3.71. The van der Waals surface area contributed by atoms with E-state index >= 15 is 0 Å². The summed E-state index contributed by atoms with van der Waals surface area (Å²) in [6.45, 7) is 0. The van der Waals surface area contributed by atoms with E-state index in [1.54, 1.807) is 48.5 Å². The van der Waals surface area contributed by atoms with Crippen LogP contribution < -0.4 is 0 Å². The Morgan fingerprint density at radius 2 is 1.28 bits per heavy atom. The van der Waals surface area contributed by atoms with Crippen LogP contribution in [0, 0.1) is 11.3 Å². The number of alkyl halides is 2. The molecule has 18 heavy (non-hydrogen) atoms. The molecule has 0 atom stereocenters. The van der Waals surface area contributed by atoms with Gasteiger partial charge in [0.15, 0.2) is 4.33 Å². The molecule has 1 nitrogen and oxygen atoms in total. The molecular formula is C14H8Cl3N. The Bertz CT molecular complexity index is 580. The van der Waals surface area contributed by atoms with E-state index in [0.29, 0.717) is 16.1 Å². The number of benzene rings is 2. The molecule has 90 valence electrons. The lowest BCUT2D eigenvalue weighted by molar-refractivity contribution is 1.04. The van der Waals surface area contributed by atoms with Crippen LogP contribution in [0.15, 0.2) is 48.5 Å². The zero-order chi connectivity index (χ0) is 13.2. The van der Waals surface area contributed by atoms with Crippen molar-refractivity contribution in [3.8, 4) is 6.07 Å². The largest absolute Gasteiger partial charge is 0.192 e. The molecule has 0 unspecified atom stereocenters. The van der Waals surface area contributed by atoms with E-state index in [4.69, 9.17) is 40.1 Å². The van der Waals surface area contributed by atoms with Gasteiger partial charge in [-0.2, -0.15) is 5.26 Å². The first-order chi connectivity index (χ1) is 8.54. The molecule has 0 saturated heterocycles. The van der Waals surface area contributed by atoms with Crippen LogP contribution in [0.3, 0.4) is 0 Å². The number of rotatable bonds is 2. The summed E-state index contributed by atoms with van der Waals surface area (Å²) in [6.07, 6.45) is 0. The molecule has 2 aromatic carbocycles. The summed E-state index contributed by atoms with van der Waals surface area (Å²) in [6, 6.07) is 15.9. The van der Waals surface area contributed by atoms with E-state index in [0.717, 1.165) is 5.56 Å². The molecule has 0 fully saturated rings. The average Bonchev–Trinajstić information content (AvgIpc) is 2.39. The molecule has 0 aliphatic heterocycles. The van der Waals surface area contributed by atoms with Crippen LogP contribution in [0.4, 0.5) is 0 Å². The summed E-state index contributed by atoms with van der Waals surface area (Å²) in [4.78, 5) is 0. The van der Waals surface area contributed by atoms with Crippen molar-refractivity contribution in [2.75, 3.05) is 0 Å². The molecule has 0 radical (unpaired) electrons. The molecule has 0 spiro atoms. The Balaban J connectivity index is 2.40. The second-order valence-electron chi connectivity index (χ2n) is 3.77. The highest BCUT2D eigenvalue weighted by Gasteiger charge is 2.28. The highest BCUT2D eigenvalue weighted by atomic mass is 35.5. The summed E-state index contributed by atoms with van der Waals surface area (Å²) in [5, 5.41) is 9.38. The molecule has 2 rings (SSSR count). The molecular weight excluding hydrogens is 289 g/mol. The first-order valence-corrected chi connectivity index (χ1v) is 6.32. The highest BCUT2D eigenvalue weighted by molar-refractivity contribution is 6.50. The van der Waals surface area contributed by atoms with E-state index in [2.05, 4.69) is 0 Å². The minimum Gasteiger partial charge on any atom is -0.192 e. The van der Waals surface area contributed by atoms with Gasteiger partial charge in [0.25, 0.3) is 0 Å². The van der Waals surface area contributed by atoms with Crippen LogP contribution in [0.5, 0.6) is 0 Å². The minimum absolute atomic E-state index is 0.569. The summed E-state index contributed by atoms with van der Waals surface area (Å²) in [7, 11) is 0. The van der Waals surface area contributed by atoms with Crippen molar-refractivity contribution in [2.45, 2.75) is 4.33 Å². The van der Waals surface area contributed by atoms with Crippen LogP contribution in [-0.2, 0) is 4.33 Å². The van der Waals surface area contributed by atoms with Gasteiger partial charge in [-0.1, -0.05) is 59.1 Å². The van der Waals surface area contributed by atoms with Crippen molar-refractivity contribution in [3.63, 3.8) is 0 Å². The second-order valence-corrected chi connectivity index (χ2v) is 5.53. The zero-order valence-electron chi connectivity index (χ0n) is 9.20. The van der Waals surface area contributed by atoms with Crippen LogP contribution in [0.2, 0.25) is 5.02 Å². The van der Waals surface area contributed by atoms with Gasteiger partial charge in [0.2, 0.25) is 0 Å². The molecule has 0 aliphatic rings. The predicted molar refractivity (Wildman–Crippen MR) is 75.1 cm³/mol. The maximum atomic E-state index is 8.75. The molecule has 0 N–H and O–H groups in total. The lowest BCUT2D eigenvalue weighted by Crippen LogP contribution is -2.12. The molecule has 0 saturated carbocycles. The Morgan fingerprint density at radius 1 is 0.833 bits per heavy atom. The molecule has 0 bridgehead atoms. The van der Waals surface area contributed by atoms with E-state index in [9.17, 15) is 0 Å². The van der Waals surface area contributed by atoms with E-state index < -0.39 is 4.33 Å². The molecule has 4 heteroatoms. The van der Waals surface area contributed by atoms with Gasteiger partial charge in [0.05, 0.1) is 11.6 Å². The van der Waals surface area contributed by atoms with Gasteiger partial charge in [-0.05, 0) is 35.4 Å². The fourth-order valence-corrected chi connectivity index (χ4v) is 2.21. The molecule has 0 aliphatic carbocycles. The van der Waals surface area contributed by atoms with Crippen molar-refractivity contribution in [1.82, 2.24) is 0 Å². The van der Waals surface area contributed by atoms with Crippen LogP contribution >= 0.6 is 34.8 Å².